The van der Waals surface area contributed by atoms with Gasteiger partial charge in [-0.1, -0.05) is 19.1 Å². The lowest BCUT2D eigenvalue weighted by molar-refractivity contribution is 0.445. The molecule has 0 aliphatic rings. The summed E-state index contributed by atoms with van der Waals surface area (Å²) in [7, 11) is 0. The highest BCUT2D eigenvalue weighted by Crippen LogP contribution is 2.16. The van der Waals surface area contributed by atoms with E-state index < -0.39 is 0 Å². The first kappa shape index (κ1) is 11.4. The monoisotopic (exact) mass is 236 g/mol. The van der Waals surface area contributed by atoms with Gasteiger partial charge in [0, 0.05) is 6.04 Å². The molecular weight excluding hydrogens is 220 g/mol. The largest absolute Gasteiger partial charge is 0.429 e. The molecule has 0 spiro atoms. The van der Waals surface area contributed by atoms with Crippen LogP contribution in [0.3, 0.4) is 0 Å². The number of benzene rings is 1. The smallest absolute Gasteiger partial charge is 0.270 e. The van der Waals surface area contributed by atoms with Crippen molar-refractivity contribution in [3.05, 3.63) is 29.1 Å². The van der Waals surface area contributed by atoms with Gasteiger partial charge in [0.15, 0.2) is 5.58 Å². The van der Waals surface area contributed by atoms with Crippen molar-refractivity contribution in [2.75, 3.05) is 0 Å². The maximum absolute atomic E-state index is 5.50. The predicted molar refractivity (Wildman–Crippen MR) is 67.9 cm³/mol. The molecule has 0 bridgehead atoms. The van der Waals surface area contributed by atoms with E-state index in [4.69, 9.17) is 16.6 Å². The van der Waals surface area contributed by atoms with Crippen LogP contribution in [0.2, 0.25) is 0 Å². The number of nitrogens with one attached hydrogen (secondary N) is 1. The van der Waals surface area contributed by atoms with Crippen LogP contribution in [0.1, 0.15) is 20.3 Å². The van der Waals surface area contributed by atoms with Gasteiger partial charge in [0.2, 0.25) is 0 Å². The summed E-state index contributed by atoms with van der Waals surface area (Å²) in [6.45, 7) is 5.02. The molecule has 0 saturated carbocycles. The predicted octanol–water partition coefficient (Wildman–Crippen LogP) is 3.31. The summed E-state index contributed by atoms with van der Waals surface area (Å²) >= 11 is 5.20. The molecule has 1 heterocycles. The van der Waals surface area contributed by atoms with E-state index in [0.717, 1.165) is 17.5 Å². The van der Waals surface area contributed by atoms with Gasteiger partial charge in [0.1, 0.15) is 0 Å². The second-order valence-electron chi connectivity index (χ2n) is 3.94. The quantitative estimate of drug-likeness (QED) is 0.826. The average Bonchev–Trinajstić information content (AvgIpc) is 2.62. The van der Waals surface area contributed by atoms with Crippen molar-refractivity contribution in [3.63, 3.8) is 0 Å². The van der Waals surface area contributed by atoms with Crippen LogP contribution < -0.4 is 5.32 Å². The normalized spacial score (nSPS) is 13.1. The van der Waals surface area contributed by atoms with E-state index in [2.05, 4.69) is 19.2 Å². The molecule has 0 aliphatic heterocycles. The van der Waals surface area contributed by atoms with Crippen LogP contribution in [-0.4, -0.2) is 10.6 Å². The molecule has 1 aromatic heterocycles. The van der Waals surface area contributed by atoms with Crippen molar-refractivity contribution in [2.24, 2.45) is 0 Å². The van der Waals surface area contributed by atoms with Gasteiger partial charge in [0.25, 0.3) is 4.84 Å². The average molecular weight is 236 g/mol. The van der Waals surface area contributed by atoms with Crippen LogP contribution >= 0.6 is 12.2 Å². The first-order valence-corrected chi connectivity index (χ1v) is 5.95. The van der Waals surface area contributed by atoms with Gasteiger partial charge in [-0.15, -0.1) is 0 Å². The highest BCUT2D eigenvalue weighted by atomic mass is 32.1. The lowest BCUT2D eigenvalue weighted by Crippen LogP contribution is -2.27. The van der Waals surface area contributed by atoms with E-state index in [1.807, 2.05) is 28.8 Å². The molecule has 0 radical (unpaired) electrons. The molecule has 0 amide bonds. The SMILES string of the molecule is CC[C@@H](C)NCn1c(=S)oc2ccccc21. The molecule has 0 saturated heterocycles. The number of hydrogen-bond acceptors (Lipinski definition) is 3. The zero-order valence-corrected chi connectivity index (χ0v) is 10.4. The third-order valence-corrected chi connectivity index (χ3v) is 3.09. The second-order valence-corrected chi connectivity index (χ2v) is 4.28. The number of fused-ring (bicyclic) bond motifs is 1. The van der Waals surface area contributed by atoms with Gasteiger partial charge in [-0.05, 0) is 37.7 Å². The van der Waals surface area contributed by atoms with Crippen LogP contribution in [0, 0.1) is 4.84 Å². The Labute approximate surface area is 100 Å². The van der Waals surface area contributed by atoms with Crippen LogP contribution in [0.25, 0.3) is 11.1 Å². The van der Waals surface area contributed by atoms with Crippen molar-refractivity contribution in [1.29, 1.82) is 0 Å². The summed E-state index contributed by atoms with van der Waals surface area (Å²) < 4.78 is 7.49. The molecule has 16 heavy (non-hydrogen) atoms. The maximum Gasteiger partial charge on any atom is 0.270 e. The minimum absolute atomic E-state index is 0.482. The van der Waals surface area contributed by atoms with Crippen LogP contribution in [-0.2, 0) is 6.67 Å². The zero-order chi connectivity index (χ0) is 11.5. The molecule has 2 rings (SSSR count). The molecule has 1 atom stereocenters. The summed E-state index contributed by atoms with van der Waals surface area (Å²) in [6, 6.07) is 8.38. The number of oxazole rings is 1. The standard InChI is InChI=1S/C12H16N2OS/c1-3-9(2)13-8-14-10-6-4-5-7-11(10)15-12(14)16/h4-7,9,13H,3,8H2,1-2H3/t9-/m1/s1. The zero-order valence-electron chi connectivity index (χ0n) is 9.56. The summed E-state index contributed by atoms with van der Waals surface area (Å²) in [5.74, 6) is 0. The fourth-order valence-electron chi connectivity index (χ4n) is 1.56. The Morgan fingerprint density at radius 3 is 2.94 bits per heavy atom. The van der Waals surface area contributed by atoms with E-state index in [-0.39, 0.29) is 0 Å². The highest BCUT2D eigenvalue weighted by molar-refractivity contribution is 7.71. The minimum Gasteiger partial charge on any atom is -0.429 e. The number of aromatic nitrogens is 1. The Morgan fingerprint density at radius 2 is 2.19 bits per heavy atom. The van der Waals surface area contributed by atoms with Gasteiger partial charge < -0.3 is 4.42 Å². The van der Waals surface area contributed by atoms with Gasteiger partial charge in [0.05, 0.1) is 12.2 Å². The summed E-state index contributed by atoms with van der Waals surface area (Å²) in [6.07, 6.45) is 1.10. The van der Waals surface area contributed by atoms with E-state index in [1.165, 1.54) is 0 Å². The Hall–Kier alpha value is -1.13. The molecule has 0 unspecified atom stereocenters. The minimum atomic E-state index is 0.482. The van der Waals surface area contributed by atoms with Crippen molar-refractivity contribution in [2.45, 2.75) is 33.0 Å². The van der Waals surface area contributed by atoms with Crippen LogP contribution in [0.15, 0.2) is 28.7 Å². The molecule has 2 aromatic rings. The Bertz CT molecular complexity index is 529. The fourth-order valence-corrected chi connectivity index (χ4v) is 1.81. The topological polar surface area (TPSA) is 30.1 Å². The van der Waals surface area contributed by atoms with E-state index in [0.29, 0.717) is 17.5 Å². The van der Waals surface area contributed by atoms with Crippen molar-refractivity contribution in [3.8, 4) is 0 Å². The lowest BCUT2D eigenvalue weighted by atomic mass is 10.3. The molecule has 0 aliphatic carbocycles. The van der Waals surface area contributed by atoms with E-state index >= 15 is 0 Å². The first-order chi connectivity index (χ1) is 7.72. The maximum atomic E-state index is 5.50. The van der Waals surface area contributed by atoms with Crippen LogP contribution in [0.5, 0.6) is 0 Å². The van der Waals surface area contributed by atoms with Gasteiger partial charge >= 0.3 is 0 Å². The lowest BCUT2D eigenvalue weighted by Gasteiger charge is -2.11. The van der Waals surface area contributed by atoms with Gasteiger partial charge in [-0.2, -0.15) is 0 Å². The van der Waals surface area contributed by atoms with E-state index in [1.54, 1.807) is 0 Å². The third-order valence-electron chi connectivity index (χ3n) is 2.78. The number of para-hydroxylation sites is 2. The molecule has 86 valence electrons. The molecule has 0 fully saturated rings. The number of rotatable bonds is 4. The Balaban J connectivity index is 2.29. The summed E-state index contributed by atoms with van der Waals surface area (Å²) in [5, 5.41) is 3.40. The summed E-state index contributed by atoms with van der Waals surface area (Å²) in [5.41, 5.74) is 1.89. The van der Waals surface area contributed by atoms with Crippen LogP contribution in [0.4, 0.5) is 0 Å². The highest BCUT2D eigenvalue weighted by Gasteiger charge is 2.06. The third kappa shape index (κ3) is 2.18. The Morgan fingerprint density at radius 1 is 1.44 bits per heavy atom. The molecule has 1 aromatic carbocycles. The molecule has 1 N–H and O–H groups in total. The van der Waals surface area contributed by atoms with E-state index in [9.17, 15) is 0 Å². The molecular formula is C12H16N2OS. The van der Waals surface area contributed by atoms with Crippen molar-refractivity contribution < 1.29 is 4.42 Å². The summed E-state index contributed by atoms with van der Waals surface area (Å²) in [4.78, 5) is 0.525. The Kier molecular flexibility index (Phi) is 3.41. The number of hydrogen-bond donors (Lipinski definition) is 1. The molecule has 3 nitrogen and oxygen atoms in total. The van der Waals surface area contributed by atoms with Crippen molar-refractivity contribution >= 4 is 23.3 Å². The first-order valence-electron chi connectivity index (χ1n) is 5.54. The van der Waals surface area contributed by atoms with Gasteiger partial charge in [-0.3, -0.25) is 9.88 Å². The van der Waals surface area contributed by atoms with Gasteiger partial charge in [-0.25, -0.2) is 0 Å². The fraction of sp³-hybridized carbons (Fsp3) is 0.417. The van der Waals surface area contributed by atoms with Crippen molar-refractivity contribution in [1.82, 2.24) is 9.88 Å². The molecule has 4 heteroatoms. The number of nitrogens with zero attached hydrogens (tertiary/aromatic N) is 1. The second kappa shape index (κ2) is 4.80.